The number of nitrogens with zero attached hydrogens (tertiary/aromatic N) is 6. The lowest BCUT2D eigenvalue weighted by molar-refractivity contribution is -0.135. The number of hydrogen-bond acceptors (Lipinski definition) is 6. The number of likely N-dealkylation sites (N-methyl/N-ethyl adjacent to an activating group) is 2. The quantitative estimate of drug-likeness (QED) is 0.666. The lowest BCUT2D eigenvalue weighted by Crippen LogP contribution is -2.63. The van der Waals surface area contributed by atoms with Crippen LogP contribution in [0, 0.1) is 5.92 Å². The fraction of sp³-hybridized carbons (Fsp3) is 0.560. The molecule has 0 aromatic heterocycles. The van der Waals surface area contributed by atoms with Crippen molar-refractivity contribution in [3.05, 3.63) is 47.8 Å². The number of urea groups is 1. The zero-order chi connectivity index (χ0) is 23.1. The van der Waals surface area contributed by atoms with Gasteiger partial charge in [-0.05, 0) is 63.7 Å². The Labute approximate surface area is 196 Å². The average Bonchev–Trinajstić information content (AvgIpc) is 3.33. The van der Waals surface area contributed by atoms with Gasteiger partial charge < -0.3 is 19.6 Å². The van der Waals surface area contributed by atoms with E-state index in [1.165, 1.54) is 29.7 Å². The lowest BCUT2D eigenvalue weighted by Gasteiger charge is -2.38. The number of hydrogen-bond donors (Lipinski definition) is 0. The molecule has 2 atom stereocenters. The molecule has 176 valence electrons. The molecule has 2 fully saturated rings. The second-order valence-corrected chi connectivity index (χ2v) is 9.74. The van der Waals surface area contributed by atoms with Crippen molar-refractivity contribution in [2.45, 2.75) is 44.8 Å². The molecule has 0 aliphatic carbocycles. The van der Waals surface area contributed by atoms with Crippen molar-refractivity contribution in [3.8, 4) is 0 Å². The monoisotopic (exact) mass is 450 g/mol. The second-order valence-electron chi connectivity index (χ2n) is 9.74. The molecular formula is C25H34N6O2. The van der Waals surface area contributed by atoms with Gasteiger partial charge in [-0.3, -0.25) is 9.69 Å². The molecule has 1 aromatic carbocycles. The number of aliphatic imine (C=N–C) groups is 1. The first-order valence-corrected chi connectivity index (χ1v) is 12.1. The van der Waals surface area contributed by atoms with Gasteiger partial charge in [-0.15, -0.1) is 0 Å². The molecule has 3 amide bonds. The molecule has 2 saturated heterocycles. The number of imide groups is 1. The average molecular weight is 451 g/mol. The highest BCUT2D eigenvalue weighted by Gasteiger charge is 2.53. The number of carbonyl (C=O) groups excluding carboxylic acids is 2. The van der Waals surface area contributed by atoms with E-state index in [2.05, 4.69) is 47.1 Å². The maximum atomic E-state index is 12.8. The number of guanidine groups is 1. The van der Waals surface area contributed by atoms with E-state index in [0.717, 1.165) is 50.2 Å². The van der Waals surface area contributed by atoms with E-state index < -0.39 is 12.2 Å². The van der Waals surface area contributed by atoms with Crippen LogP contribution in [0.1, 0.15) is 31.7 Å². The van der Waals surface area contributed by atoms with Crippen LogP contribution in [0.3, 0.4) is 0 Å². The Hall–Kier alpha value is -2.87. The molecule has 8 nitrogen and oxygen atoms in total. The minimum atomic E-state index is -0.462. The van der Waals surface area contributed by atoms with Gasteiger partial charge in [0.25, 0.3) is 5.91 Å². The summed E-state index contributed by atoms with van der Waals surface area (Å²) in [4.78, 5) is 39.4. The zero-order valence-corrected chi connectivity index (χ0v) is 19.9. The van der Waals surface area contributed by atoms with Crippen LogP contribution in [0.25, 0.3) is 0 Å². The fourth-order valence-corrected chi connectivity index (χ4v) is 5.58. The van der Waals surface area contributed by atoms with Crippen LogP contribution in [0.5, 0.6) is 0 Å². The second kappa shape index (κ2) is 8.82. The van der Waals surface area contributed by atoms with Crippen molar-refractivity contribution in [1.29, 1.82) is 0 Å². The third-order valence-electron chi connectivity index (χ3n) is 7.55. The van der Waals surface area contributed by atoms with Crippen LogP contribution >= 0.6 is 0 Å². The number of rotatable bonds is 6. The Morgan fingerprint density at radius 3 is 2.48 bits per heavy atom. The van der Waals surface area contributed by atoms with E-state index in [-0.39, 0.29) is 11.9 Å². The molecular weight excluding hydrogens is 416 g/mol. The highest BCUT2D eigenvalue weighted by molar-refractivity contribution is 6.04. The third-order valence-corrected chi connectivity index (χ3v) is 7.55. The smallest absolute Gasteiger partial charge is 0.315 e. The summed E-state index contributed by atoms with van der Waals surface area (Å²) in [5.41, 5.74) is 2.55. The first kappa shape index (κ1) is 21.9. The number of carbonyl (C=O) groups is 2. The zero-order valence-electron chi connectivity index (χ0n) is 19.9. The maximum Gasteiger partial charge on any atom is 0.328 e. The molecule has 5 rings (SSSR count). The van der Waals surface area contributed by atoms with Crippen molar-refractivity contribution >= 4 is 17.9 Å². The molecule has 0 bridgehead atoms. The molecule has 1 aromatic rings. The summed E-state index contributed by atoms with van der Waals surface area (Å²) in [7, 11) is 3.26. The molecule has 2 unspecified atom stereocenters. The topological polar surface area (TPSA) is 62.7 Å². The van der Waals surface area contributed by atoms with E-state index in [1.54, 1.807) is 19.0 Å². The largest absolute Gasteiger partial charge is 0.328 e. The molecule has 4 aliphatic heterocycles. The summed E-state index contributed by atoms with van der Waals surface area (Å²) < 4.78 is 0. The fourth-order valence-electron chi connectivity index (χ4n) is 5.58. The standard InChI is InChI=1S/C25H34N6O2/c1-18-17-31-21-22(27(2)25(33)28(3)23(21)32)26-24(31)30(18)13-7-12-29-14-10-20(11-15-29)16-19-8-5-4-6-9-19/h4-6,8-9,17,20-22H,7,10-16H2,1-3H3. The normalized spacial score (nSPS) is 26.0. The van der Waals surface area contributed by atoms with Crippen LogP contribution in [-0.2, 0) is 11.2 Å². The van der Waals surface area contributed by atoms with Crippen LogP contribution in [0.2, 0.25) is 0 Å². The number of allylic oxidation sites excluding steroid dienone is 1. The Bertz CT molecular complexity index is 968. The Balaban J connectivity index is 1.13. The van der Waals surface area contributed by atoms with Crippen LogP contribution in [0.15, 0.2) is 47.2 Å². The molecule has 0 spiro atoms. The summed E-state index contributed by atoms with van der Waals surface area (Å²) in [5, 5.41) is 0. The SMILES string of the molecule is CC1=CN2C(=NC3C2C(=O)N(C)C(=O)N3C)N1CCCN1CCC(Cc2ccccc2)CC1. The van der Waals surface area contributed by atoms with E-state index in [0.29, 0.717) is 0 Å². The summed E-state index contributed by atoms with van der Waals surface area (Å²) >= 11 is 0. The van der Waals surface area contributed by atoms with Crippen molar-refractivity contribution < 1.29 is 9.59 Å². The summed E-state index contributed by atoms with van der Waals surface area (Å²) in [5.74, 6) is 1.39. The van der Waals surface area contributed by atoms with E-state index in [4.69, 9.17) is 4.99 Å². The Kier molecular flexibility index (Phi) is 5.86. The van der Waals surface area contributed by atoms with Crippen molar-refractivity contribution in [2.24, 2.45) is 10.9 Å². The van der Waals surface area contributed by atoms with Gasteiger partial charge in [-0.2, -0.15) is 0 Å². The number of likely N-dealkylation sites (tertiary alicyclic amines) is 1. The number of piperidine rings is 1. The van der Waals surface area contributed by atoms with Gasteiger partial charge in [0.2, 0.25) is 5.96 Å². The molecule has 0 N–H and O–H groups in total. The minimum absolute atomic E-state index is 0.189. The molecule has 0 radical (unpaired) electrons. The van der Waals surface area contributed by atoms with Gasteiger partial charge >= 0.3 is 6.03 Å². The molecule has 0 saturated carbocycles. The van der Waals surface area contributed by atoms with Crippen LogP contribution in [0.4, 0.5) is 4.79 Å². The highest BCUT2D eigenvalue weighted by atomic mass is 16.2. The summed E-state index contributed by atoms with van der Waals surface area (Å²) in [6.45, 7) is 6.33. The van der Waals surface area contributed by atoms with Crippen molar-refractivity contribution in [1.82, 2.24) is 24.5 Å². The Morgan fingerprint density at radius 2 is 1.76 bits per heavy atom. The van der Waals surface area contributed by atoms with Gasteiger partial charge in [-0.1, -0.05) is 30.3 Å². The third kappa shape index (κ3) is 4.01. The molecule has 4 heterocycles. The minimum Gasteiger partial charge on any atom is -0.315 e. The van der Waals surface area contributed by atoms with Crippen molar-refractivity contribution in [3.63, 3.8) is 0 Å². The molecule has 33 heavy (non-hydrogen) atoms. The first-order valence-electron chi connectivity index (χ1n) is 12.1. The Morgan fingerprint density at radius 1 is 1.03 bits per heavy atom. The summed E-state index contributed by atoms with van der Waals surface area (Å²) in [6.07, 6.45) is 6.31. The highest BCUT2D eigenvalue weighted by Crippen LogP contribution is 2.33. The predicted molar refractivity (Wildman–Crippen MR) is 127 cm³/mol. The predicted octanol–water partition coefficient (Wildman–Crippen LogP) is 2.40. The van der Waals surface area contributed by atoms with Crippen molar-refractivity contribution in [2.75, 3.05) is 40.3 Å². The lowest BCUT2D eigenvalue weighted by atomic mass is 9.90. The van der Waals surface area contributed by atoms with E-state index >= 15 is 0 Å². The van der Waals surface area contributed by atoms with Gasteiger partial charge in [-0.25, -0.2) is 9.79 Å². The van der Waals surface area contributed by atoms with E-state index in [9.17, 15) is 9.59 Å². The van der Waals surface area contributed by atoms with Gasteiger partial charge in [0.1, 0.15) is 0 Å². The van der Waals surface area contributed by atoms with Crippen LogP contribution in [-0.4, -0.2) is 94.9 Å². The van der Waals surface area contributed by atoms with Crippen LogP contribution < -0.4 is 0 Å². The molecule has 4 aliphatic rings. The maximum absolute atomic E-state index is 12.8. The number of fused-ring (bicyclic) bond motifs is 3. The first-order chi connectivity index (χ1) is 15.9. The van der Waals surface area contributed by atoms with Gasteiger partial charge in [0.05, 0.1) is 0 Å². The molecule has 8 heteroatoms. The van der Waals surface area contributed by atoms with Gasteiger partial charge in [0.15, 0.2) is 12.2 Å². The van der Waals surface area contributed by atoms with Gasteiger partial charge in [0, 0.05) is 32.5 Å². The summed E-state index contributed by atoms with van der Waals surface area (Å²) in [6, 6.07) is 10.1. The van der Waals surface area contributed by atoms with E-state index in [1.807, 2.05) is 11.1 Å². The number of amides is 3. The number of benzene rings is 1.